The van der Waals surface area contributed by atoms with Gasteiger partial charge in [-0.15, -0.1) is 0 Å². The Morgan fingerprint density at radius 2 is 1.78 bits per heavy atom. The van der Waals surface area contributed by atoms with Crippen LogP contribution >= 0.6 is 0 Å². The van der Waals surface area contributed by atoms with Gasteiger partial charge in [0.2, 0.25) is 5.88 Å². The van der Waals surface area contributed by atoms with Gasteiger partial charge in [0.1, 0.15) is 23.2 Å². The van der Waals surface area contributed by atoms with Crippen molar-refractivity contribution in [2.45, 2.75) is 12.3 Å². The first-order chi connectivity index (χ1) is 12.8. The molecule has 0 aliphatic carbocycles. The summed E-state index contributed by atoms with van der Waals surface area (Å²) < 4.78 is 54.6. The zero-order chi connectivity index (χ0) is 19.6. The van der Waals surface area contributed by atoms with Crippen molar-refractivity contribution < 1.29 is 32.2 Å². The quantitative estimate of drug-likeness (QED) is 0.796. The number of hydrogen-bond acceptors (Lipinski definition) is 5. The Hall–Kier alpha value is -2.97. The zero-order valence-corrected chi connectivity index (χ0v) is 14.6. The zero-order valence-electron chi connectivity index (χ0n) is 14.6. The van der Waals surface area contributed by atoms with Crippen LogP contribution < -0.4 is 14.2 Å². The van der Waals surface area contributed by atoms with Crippen LogP contribution in [-0.4, -0.2) is 49.2 Å². The van der Waals surface area contributed by atoms with Gasteiger partial charge in [-0.05, 0) is 24.3 Å². The van der Waals surface area contributed by atoms with Gasteiger partial charge >= 0.3 is 6.18 Å². The van der Waals surface area contributed by atoms with Gasteiger partial charge in [-0.2, -0.15) is 13.2 Å². The molecule has 1 aliphatic rings. The number of alkyl halides is 3. The molecule has 0 bridgehead atoms. The molecule has 2 heterocycles. The second-order valence-corrected chi connectivity index (χ2v) is 5.91. The van der Waals surface area contributed by atoms with Crippen LogP contribution in [0.25, 0.3) is 0 Å². The number of methoxy groups -OCH3 is 2. The number of nitrogens with zero attached hydrogens (tertiary/aromatic N) is 2. The Labute approximate surface area is 153 Å². The minimum absolute atomic E-state index is 0.159. The molecule has 9 heteroatoms. The molecule has 1 amide bonds. The van der Waals surface area contributed by atoms with Crippen molar-refractivity contribution in [3.63, 3.8) is 0 Å². The molecule has 144 valence electrons. The number of halogens is 3. The second kappa shape index (κ2) is 7.34. The fourth-order valence-electron chi connectivity index (χ4n) is 2.65. The summed E-state index contributed by atoms with van der Waals surface area (Å²) in [6, 6.07) is 6.88. The first-order valence-corrected chi connectivity index (χ1v) is 8.03. The fraction of sp³-hybridized carbons (Fsp3) is 0.333. The molecule has 1 aromatic heterocycles. The monoisotopic (exact) mass is 382 g/mol. The van der Waals surface area contributed by atoms with E-state index < -0.39 is 23.7 Å². The van der Waals surface area contributed by atoms with E-state index >= 15 is 0 Å². The van der Waals surface area contributed by atoms with Crippen LogP contribution in [0.4, 0.5) is 13.2 Å². The highest BCUT2D eigenvalue weighted by molar-refractivity contribution is 5.95. The molecule has 0 saturated carbocycles. The van der Waals surface area contributed by atoms with E-state index in [9.17, 15) is 18.0 Å². The van der Waals surface area contributed by atoms with Gasteiger partial charge in [-0.1, -0.05) is 0 Å². The summed E-state index contributed by atoms with van der Waals surface area (Å²) in [5, 5.41) is 0. The summed E-state index contributed by atoms with van der Waals surface area (Å²) in [4.78, 5) is 17.7. The maximum absolute atomic E-state index is 13.0. The third-order valence-corrected chi connectivity index (χ3v) is 4.09. The number of rotatable bonds is 5. The molecular weight excluding hydrogens is 365 g/mol. The molecule has 0 radical (unpaired) electrons. The maximum atomic E-state index is 13.0. The standard InChI is InChI=1S/C18H17F3N2O4/c1-25-12-6-11(7-13(8-12)26-2)17(24)23-9-14(10-23)27-16-15(18(19,20)21)4-3-5-22-16/h3-8,14H,9-10H2,1-2H3. The third-order valence-electron chi connectivity index (χ3n) is 4.09. The number of pyridine rings is 1. The summed E-state index contributed by atoms with van der Waals surface area (Å²) in [5.74, 6) is 0.165. The topological polar surface area (TPSA) is 60.9 Å². The fourth-order valence-corrected chi connectivity index (χ4v) is 2.65. The smallest absolute Gasteiger partial charge is 0.421 e. The van der Waals surface area contributed by atoms with Crippen molar-refractivity contribution >= 4 is 5.91 Å². The van der Waals surface area contributed by atoms with Gasteiger partial charge in [0.25, 0.3) is 5.91 Å². The van der Waals surface area contributed by atoms with E-state index in [2.05, 4.69) is 4.98 Å². The minimum atomic E-state index is -4.56. The lowest BCUT2D eigenvalue weighted by Crippen LogP contribution is -2.56. The van der Waals surface area contributed by atoms with Crippen LogP contribution in [0.15, 0.2) is 36.5 Å². The summed E-state index contributed by atoms with van der Waals surface area (Å²) in [5.41, 5.74) is -0.578. The van der Waals surface area contributed by atoms with Gasteiger partial charge in [0.15, 0.2) is 0 Å². The Morgan fingerprint density at radius 3 is 2.33 bits per heavy atom. The first-order valence-electron chi connectivity index (χ1n) is 8.03. The van der Waals surface area contributed by atoms with E-state index in [0.29, 0.717) is 17.1 Å². The number of amides is 1. The molecule has 1 fully saturated rings. The highest BCUT2D eigenvalue weighted by Crippen LogP contribution is 2.35. The van der Waals surface area contributed by atoms with Crippen LogP contribution in [0.5, 0.6) is 17.4 Å². The van der Waals surface area contributed by atoms with Gasteiger partial charge in [-0.3, -0.25) is 4.79 Å². The first kappa shape index (κ1) is 18.8. The summed E-state index contributed by atoms with van der Waals surface area (Å²) >= 11 is 0. The molecular formula is C18H17F3N2O4. The number of likely N-dealkylation sites (tertiary alicyclic amines) is 1. The van der Waals surface area contributed by atoms with Crippen molar-refractivity contribution in [1.82, 2.24) is 9.88 Å². The molecule has 27 heavy (non-hydrogen) atoms. The number of carbonyl (C=O) groups is 1. The van der Waals surface area contributed by atoms with Crippen molar-refractivity contribution in [2.24, 2.45) is 0 Å². The van der Waals surface area contributed by atoms with E-state index in [1.807, 2.05) is 0 Å². The SMILES string of the molecule is COc1cc(OC)cc(C(=O)N2CC(Oc3ncccc3C(F)(F)F)C2)c1. The molecule has 2 aromatic rings. The normalized spacial score (nSPS) is 14.5. The van der Waals surface area contributed by atoms with Gasteiger partial charge < -0.3 is 19.1 Å². The molecule has 1 saturated heterocycles. The Balaban J connectivity index is 1.66. The molecule has 6 nitrogen and oxygen atoms in total. The van der Waals surface area contributed by atoms with E-state index in [0.717, 1.165) is 6.07 Å². The van der Waals surface area contributed by atoms with Crippen molar-refractivity contribution in [3.8, 4) is 17.4 Å². The molecule has 1 aliphatic heterocycles. The molecule has 1 aromatic carbocycles. The Kier molecular flexibility index (Phi) is 5.11. The third kappa shape index (κ3) is 4.07. The van der Waals surface area contributed by atoms with Crippen LogP contribution in [0.2, 0.25) is 0 Å². The molecule has 3 rings (SSSR count). The highest BCUT2D eigenvalue weighted by atomic mass is 19.4. The van der Waals surface area contributed by atoms with Crippen LogP contribution in [0, 0.1) is 0 Å². The van der Waals surface area contributed by atoms with E-state index in [1.165, 1.54) is 31.4 Å². The summed E-state index contributed by atoms with van der Waals surface area (Å²) in [7, 11) is 2.95. The van der Waals surface area contributed by atoms with Crippen LogP contribution in [0.3, 0.4) is 0 Å². The lowest BCUT2D eigenvalue weighted by Gasteiger charge is -2.39. The second-order valence-electron chi connectivity index (χ2n) is 5.91. The number of aromatic nitrogens is 1. The lowest BCUT2D eigenvalue weighted by molar-refractivity contribution is -0.140. The van der Waals surface area contributed by atoms with Gasteiger partial charge in [-0.25, -0.2) is 4.98 Å². The van der Waals surface area contributed by atoms with Crippen molar-refractivity contribution in [3.05, 3.63) is 47.7 Å². The summed E-state index contributed by atoms with van der Waals surface area (Å²) in [6.45, 7) is 0.318. The van der Waals surface area contributed by atoms with E-state index in [-0.39, 0.29) is 19.0 Å². The van der Waals surface area contributed by atoms with Crippen molar-refractivity contribution in [1.29, 1.82) is 0 Å². The lowest BCUT2D eigenvalue weighted by atomic mass is 10.1. The van der Waals surface area contributed by atoms with Gasteiger partial charge in [0, 0.05) is 17.8 Å². The Morgan fingerprint density at radius 1 is 1.15 bits per heavy atom. The summed E-state index contributed by atoms with van der Waals surface area (Å²) in [6.07, 6.45) is -3.88. The maximum Gasteiger partial charge on any atom is 0.421 e. The largest absolute Gasteiger partial charge is 0.497 e. The Bertz CT molecular complexity index is 813. The molecule has 0 N–H and O–H groups in total. The van der Waals surface area contributed by atoms with Gasteiger partial charge in [0.05, 0.1) is 27.3 Å². The number of benzene rings is 1. The average Bonchev–Trinajstić information content (AvgIpc) is 2.62. The predicted octanol–water partition coefficient (Wildman–Crippen LogP) is 3.02. The molecule has 0 spiro atoms. The number of ether oxygens (including phenoxy) is 3. The van der Waals surface area contributed by atoms with Crippen LogP contribution in [0.1, 0.15) is 15.9 Å². The minimum Gasteiger partial charge on any atom is -0.497 e. The molecule has 0 atom stereocenters. The number of carbonyl (C=O) groups excluding carboxylic acids is 1. The van der Waals surface area contributed by atoms with E-state index in [4.69, 9.17) is 14.2 Å². The predicted molar refractivity (Wildman–Crippen MR) is 89.1 cm³/mol. The average molecular weight is 382 g/mol. The highest BCUT2D eigenvalue weighted by Gasteiger charge is 2.38. The molecule has 0 unspecified atom stereocenters. The number of hydrogen-bond donors (Lipinski definition) is 0. The van der Waals surface area contributed by atoms with Crippen LogP contribution in [-0.2, 0) is 6.18 Å². The van der Waals surface area contributed by atoms with E-state index in [1.54, 1.807) is 18.2 Å². The van der Waals surface area contributed by atoms with Crippen molar-refractivity contribution in [2.75, 3.05) is 27.3 Å².